The van der Waals surface area contributed by atoms with Crippen LogP contribution in [0.3, 0.4) is 0 Å². The van der Waals surface area contributed by atoms with Gasteiger partial charge >= 0.3 is 5.97 Å². The van der Waals surface area contributed by atoms with Crippen molar-refractivity contribution in [1.29, 1.82) is 0 Å². The van der Waals surface area contributed by atoms with E-state index in [1.165, 1.54) is 11.1 Å². The summed E-state index contributed by atoms with van der Waals surface area (Å²) in [5.74, 6) is -1.06. The van der Waals surface area contributed by atoms with Crippen LogP contribution in [0.25, 0.3) is 11.6 Å². The largest absolute Gasteiger partial charge is 0.465 e. The molecule has 0 amide bonds. The predicted molar refractivity (Wildman–Crippen MR) is 85.5 cm³/mol. The number of carbonyl (C=O) groups excluding carboxylic acids is 2. The van der Waals surface area contributed by atoms with Gasteiger partial charge in [-0.1, -0.05) is 17.7 Å². The van der Waals surface area contributed by atoms with Crippen molar-refractivity contribution >= 4 is 35.0 Å². The van der Waals surface area contributed by atoms with Crippen molar-refractivity contribution in [2.24, 2.45) is 5.92 Å². The Morgan fingerprint density at radius 3 is 3.05 bits per heavy atom. The molecule has 1 aliphatic heterocycles. The highest BCUT2D eigenvalue weighted by Gasteiger charge is 2.34. The molecule has 4 nitrogen and oxygen atoms in total. The van der Waals surface area contributed by atoms with E-state index in [-0.39, 0.29) is 5.78 Å². The highest BCUT2D eigenvalue weighted by Crippen LogP contribution is 2.35. The van der Waals surface area contributed by atoms with E-state index in [0.717, 1.165) is 17.1 Å². The maximum atomic E-state index is 11.9. The molecule has 22 heavy (non-hydrogen) atoms. The maximum Gasteiger partial charge on any atom is 0.317 e. The summed E-state index contributed by atoms with van der Waals surface area (Å²) in [5.41, 5.74) is 3.56. The molecular weight excluding hydrogens is 302 g/mol. The lowest BCUT2D eigenvalue weighted by atomic mass is 9.87. The Labute approximate surface area is 134 Å². The SMILES string of the molecule is CCOC(=O)C1CN(CC2=Cc3ccc(Cl)cc32)CCC1=O. The van der Waals surface area contributed by atoms with Crippen molar-refractivity contribution in [3.63, 3.8) is 0 Å². The van der Waals surface area contributed by atoms with Crippen LogP contribution in [0, 0.1) is 5.92 Å². The van der Waals surface area contributed by atoms with Gasteiger partial charge in [0.15, 0.2) is 0 Å². The predicted octanol–water partition coefficient (Wildman–Crippen LogP) is 2.65. The van der Waals surface area contributed by atoms with Gasteiger partial charge in [0, 0.05) is 31.1 Å². The van der Waals surface area contributed by atoms with Crippen molar-refractivity contribution in [2.45, 2.75) is 13.3 Å². The van der Waals surface area contributed by atoms with Crippen molar-refractivity contribution in [3.05, 3.63) is 34.3 Å². The minimum absolute atomic E-state index is 0.0132. The molecule has 0 spiro atoms. The van der Waals surface area contributed by atoms with E-state index in [9.17, 15) is 9.59 Å². The van der Waals surface area contributed by atoms with Crippen LogP contribution in [0.1, 0.15) is 24.5 Å². The molecule has 1 atom stereocenters. The van der Waals surface area contributed by atoms with Crippen LogP contribution < -0.4 is 0 Å². The number of ketones is 1. The molecule has 1 saturated heterocycles. The Kier molecular flexibility index (Phi) is 4.32. The molecule has 1 unspecified atom stereocenters. The summed E-state index contributed by atoms with van der Waals surface area (Å²) in [5, 5.41) is 0.725. The summed E-state index contributed by atoms with van der Waals surface area (Å²) >= 11 is 6.03. The first kappa shape index (κ1) is 15.3. The van der Waals surface area contributed by atoms with Crippen LogP contribution in [-0.4, -0.2) is 42.9 Å². The Balaban J connectivity index is 1.64. The van der Waals surface area contributed by atoms with E-state index in [2.05, 4.69) is 11.0 Å². The third-order valence-corrected chi connectivity index (χ3v) is 4.40. The molecule has 116 valence electrons. The van der Waals surface area contributed by atoms with Crippen molar-refractivity contribution < 1.29 is 14.3 Å². The molecule has 0 saturated carbocycles. The smallest absolute Gasteiger partial charge is 0.317 e. The zero-order valence-corrected chi connectivity index (χ0v) is 13.2. The molecule has 0 N–H and O–H groups in total. The zero-order chi connectivity index (χ0) is 15.7. The molecule has 0 aromatic heterocycles. The van der Waals surface area contributed by atoms with Gasteiger partial charge in [0.25, 0.3) is 0 Å². The Morgan fingerprint density at radius 2 is 2.27 bits per heavy atom. The summed E-state index contributed by atoms with van der Waals surface area (Å²) in [6, 6.07) is 5.84. The molecule has 0 bridgehead atoms. The second kappa shape index (κ2) is 6.23. The minimum atomic E-state index is -0.645. The first-order valence-electron chi connectivity index (χ1n) is 7.50. The van der Waals surface area contributed by atoms with E-state index in [0.29, 0.717) is 26.1 Å². The Hall–Kier alpha value is -1.65. The quantitative estimate of drug-likeness (QED) is 0.632. The average molecular weight is 320 g/mol. The number of hydrogen-bond acceptors (Lipinski definition) is 4. The highest BCUT2D eigenvalue weighted by molar-refractivity contribution is 6.31. The van der Waals surface area contributed by atoms with Gasteiger partial charge < -0.3 is 4.74 Å². The molecule has 0 radical (unpaired) electrons. The second-order valence-electron chi connectivity index (χ2n) is 5.66. The molecule has 1 aromatic carbocycles. The van der Waals surface area contributed by atoms with Crippen LogP contribution in [0.2, 0.25) is 5.02 Å². The summed E-state index contributed by atoms with van der Waals surface area (Å²) in [4.78, 5) is 25.9. The molecule has 1 fully saturated rings. The van der Waals surface area contributed by atoms with Gasteiger partial charge in [0.1, 0.15) is 11.7 Å². The number of Topliss-reactive ketones (excluding diaryl/α,β-unsaturated/α-hetero) is 1. The third kappa shape index (κ3) is 2.94. The van der Waals surface area contributed by atoms with E-state index >= 15 is 0 Å². The normalized spacial score (nSPS) is 20.9. The third-order valence-electron chi connectivity index (χ3n) is 4.16. The van der Waals surface area contributed by atoms with Gasteiger partial charge in [0.2, 0.25) is 0 Å². The second-order valence-corrected chi connectivity index (χ2v) is 6.09. The summed E-state index contributed by atoms with van der Waals surface area (Å²) in [6.45, 7) is 3.91. The van der Waals surface area contributed by atoms with E-state index in [1.54, 1.807) is 6.92 Å². The summed E-state index contributed by atoms with van der Waals surface area (Å²) in [7, 11) is 0. The lowest BCUT2D eigenvalue weighted by Gasteiger charge is -2.33. The van der Waals surface area contributed by atoms with Crippen molar-refractivity contribution in [3.8, 4) is 0 Å². The average Bonchev–Trinajstić information content (AvgIpc) is 2.48. The highest BCUT2D eigenvalue weighted by atomic mass is 35.5. The number of fused-ring (bicyclic) bond motifs is 1. The van der Waals surface area contributed by atoms with Crippen LogP contribution in [0.15, 0.2) is 18.2 Å². The number of halogens is 1. The fourth-order valence-electron chi connectivity index (χ4n) is 2.98. The maximum absolute atomic E-state index is 11.9. The first-order valence-corrected chi connectivity index (χ1v) is 7.88. The minimum Gasteiger partial charge on any atom is -0.465 e. The molecule has 3 rings (SSSR count). The van der Waals surface area contributed by atoms with Crippen LogP contribution in [-0.2, 0) is 14.3 Å². The van der Waals surface area contributed by atoms with Gasteiger partial charge in [-0.2, -0.15) is 0 Å². The van der Waals surface area contributed by atoms with Gasteiger partial charge in [-0.3, -0.25) is 14.5 Å². The van der Waals surface area contributed by atoms with Crippen molar-refractivity contribution in [2.75, 3.05) is 26.2 Å². The number of hydrogen-bond donors (Lipinski definition) is 0. The zero-order valence-electron chi connectivity index (χ0n) is 12.5. The number of carbonyl (C=O) groups is 2. The van der Waals surface area contributed by atoms with Crippen molar-refractivity contribution in [1.82, 2.24) is 4.90 Å². The lowest BCUT2D eigenvalue weighted by Crippen LogP contribution is -2.45. The fraction of sp³-hybridized carbons (Fsp3) is 0.412. The van der Waals surface area contributed by atoms with Gasteiger partial charge in [-0.05, 0) is 41.8 Å². The number of piperidine rings is 1. The van der Waals surface area contributed by atoms with Gasteiger partial charge in [0.05, 0.1) is 6.61 Å². The molecule has 1 aromatic rings. The molecule has 1 aliphatic carbocycles. The lowest BCUT2D eigenvalue weighted by molar-refractivity contribution is -0.153. The van der Waals surface area contributed by atoms with Gasteiger partial charge in [-0.15, -0.1) is 0 Å². The monoisotopic (exact) mass is 319 g/mol. The van der Waals surface area contributed by atoms with Crippen LogP contribution >= 0.6 is 11.6 Å². The molecule has 5 heteroatoms. The number of likely N-dealkylation sites (tertiary alicyclic amines) is 1. The van der Waals surface area contributed by atoms with Gasteiger partial charge in [-0.25, -0.2) is 0 Å². The van der Waals surface area contributed by atoms with Crippen LogP contribution in [0.4, 0.5) is 0 Å². The number of rotatable bonds is 4. The molecular formula is C17H18ClNO3. The van der Waals surface area contributed by atoms with E-state index < -0.39 is 11.9 Å². The number of ether oxygens (including phenoxy) is 1. The number of esters is 1. The van der Waals surface area contributed by atoms with Crippen LogP contribution in [0.5, 0.6) is 0 Å². The standard InChI is InChI=1S/C17H18ClNO3/c1-2-22-17(21)15-10-19(6-5-16(15)20)9-12-7-11-3-4-13(18)8-14(11)12/h3-4,7-8,15H,2,5-6,9-10H2,1H3. The fourth-order valence-corrected chi connectivity index (χ4v) is 3.15. The van der Waals surface area contributed by atoms with E-state index in [1.807, 2.05) is 18.2 Å². The molecule has 2 aliphatic rings. The summed E-state index contributed by atoms with van der Waals surface area (Å²) < 4.78 is 5.00. The number of nitrogens with zero attached hydrogens (tertiary/aromatic N) is 1. The molecule has 1 heterocycles. The number of benzene rings is 1. The first-order chi connectivity index (χ1) is 10.6. The summed E-state index contributed by atoms with van der Waals surface area (Å²) in [6.07, 6.45) is 2.53. The Bertz CT molecular complexity index is 653. The Morgan fingerprint density at radius 1 is 1.45 bits per heavy atom. The topological polar surface area (TPSA) is 46.6 Å². The van der Waals surface area contributed by atoms with E-state index in [4.69, 9.17) is 16.3 Å².